The van der Waals surface area contributed by atoms with Crippen LogP contribution in [-0.4, -0.2) is 15.0 Å². The zero-order chi connectivity index (χ0) is 38.7. The second-order valence-electron chi connectivity index (χ2n) is 17.5. The van der Waals surface area contributed by atoms with Gasteiger partial charge < -0.3 is 0 Å². The Morgan fingerprint density at radius 3 is 0.630 bits per heavy atom. The van der Waals surface area contributed by atoms with Gasteiger partial charge in [-0.3, -0.25) is 0 Å². The van der Waals surface area contributed by atoms with E-state index in [2.05, 4.69) is 20.8 Å². The molecule has 0 N–H and O–H groups in total. The van der Waals surface area contributed by atoms with Crippen molar-refractivity contribution in [3.63, 3.8) is 0 Å². The predicted octanol–water partition coefficient (Wildman–Crippen LogP) is 18.0. The van der Waals surface area contributed by atoms with E-state index in [1.54, 1.807) is 0 Å². The molecule has 0 saturated carbocycles. The van der Waals surface area contributed by atoms with E-state index in [0.717, 1.165) is 30.3 Å². The van der Waals surface area contributed by atoms with E-state index in [1.165, 1.54) is 270 Å². The number of unbranched alkanes of at least 4 members (excludes halogenated alkanes) is 40. The number of aromatic nitrogens is 3. The van der Waals surface area contributed by atoms with Gasteiger partial charge in [0.2, 0.25) is 0 Å². The van der Waals surface area contributed by atoms with Gasteiger partial charge in [0, 0.05) is 19.3 Å². The molecular formula is C51H98N3. The molecule has 0 aliphatic carbocycles. The molecule has 54 heavy (non-hydrogen) atoms. The van der Waals surface area contributed by atoms with Gasteiger partial charge in [-0.2, -0.15) is 0 Å². The molecule has 1 rings (SSSR count). The van der Waals surface area contributed by atoms with Gasteiger partial charge in [0.05, 0.1) is 0 Å². The van der Waals surface area contributed by atoms with Crippen LogP contribution in [-0.2, 0) is 12.8 Å². The quantitative estimate of drug-likeness (QED) is 0.0623. The summed E-state index contributed by atoms with van der Waals surface area (Å²) in [6.45, 7) is 6.67. The maximum Gasteiger partial charge on any atom is 0.136 e. The zero-order valence-corrected chi connectivity index (χ0v) is 37.5. The predicted molar refractivity (Wildman–Crippen MR) is 242 cm³/mol. The summed E-state index contributed by atoms with van der Waals surface area (Å²) in [7, 11) is 0. The van der Waals surface area contributed by atoms with Crippen LogP contribution >= 0.6 is 0 Å². The van der Waals surface area contributed by atoms with Crippen LogP contribution in [0.5, 0.6) is 0 Å². The van der Waals surface area contributed by atoms with Crippen LogP contribution in [0.2, 0.25) is 0 Å². The number of hydrogen-bond donors (Lipinski definition) is 0. The van der Waals surface area contributed by atoms with Crippen molar-refractivity contribution in [2.24, 2.45) is 0 Å². The number of hydrogen-bond acceptors (Lipinski definition) is 3. The molecule has 0 atom stereocenters. The lowest BCUT2D eigenvalue weighted by Crippen LogP contribution is -2.07. The summed E-state index contributed by atoms with van der Waals surface area (Å²) in [5.74, 6) is 2.92. The normalized spacial score (nSPS) is 11.6. The highest BCUT2D eigenvalue weighted by molar-refractivity contribution is 5.04. The second kappa shape index (κ2) is 43.1. The van der Waals surface area contributed by atoms with Crippen molar-refractivity contribution in [1.82, 2.24) is 15.0 Å². The van der Waals surface area contributed by atoms with Crippen molar-refractivity contribution in [1.29, 1.82) is 0 Å². The number of nitrogens with zero attached hydrogens (tertiary/aromatic N) is 3. The van der Waals surface area contributed by atoms with Gasteiger partial charge >= 0.3 is 0 Å². The molecule has 1 aromatic rings. The van der Waals surface area contributed by atoms with E-state index in [1.807, 2.05) is 6.42 Å². The Morgan fingerprint density at radius 2 is 0.444 bits per heavy atom. The van der Waals surface area contributed by atoms with Gasteiger partial charge in [-0.1, -0.05) is 278 Å². The van der Waals surface area contributed by atoms with Gasteiger partial charge in [-0.05, 0) is 12.8 Å². The molecule has 0 amide bonds. The van der Waals surface area contributed by atoms with E-state index < -0.39 is 0 Å². The molecule has 0 saturated heterocycles. The molecule has 0 aliphatic heterocycles. The maximum atomic E-state index is 4.88. The van der Waals surface area contributed by atoms with Crippen molar-refractivity contribution < 1.29 is 0 Å². The molecule has 3 nitrogen and oxygen atoms in total. The lowest BCUT2D eigenvalue weighted by Gasteiger charge is -2.07. The summed E-state index contributed by atoms with van der Waals surface area (Å²) in [6, 6.07) is 0. The van der Waals surface area contributed by atoms with E-state index in [0.29, 0.717) is 0 Å². The average Bonchev–Trinajstić information content (AvgIpc) is 3.19. The minimum Gasteiger partial charge on any atom is -0.218 e. The fraction of sp³-hybridized carbons (Fsp3) is 0.922. The van der Waals surface area contributed by atoms with Crippen molar-refractivity contribution in [2.45, 2.75) is 303 Å². The highest BCUT2D eigenvalue weighted by Crippen LogP contribution is 2.18. The van der Waals surface area contributed by atoms with Crippen LogP contribution in [0.3, 0.4) is 0 Å². The SMILES string of the molecule is C[CH]c1nc(CCCCCCCCCCCCCCCCCCCCCCC)nc(CCCCCCCCCCCCCCCCCCCCCCC)n1. The van der Waals surface area contributed by atoms with Crippen LogP contribution in [0.4, 0.5) is 0 Å². The van der Waals surface area contributed by atoms with Crippen molar-refractivity contribution >= 4 is 0 Å². The van der Waals surface area contributed by atoms with Crippen LogP contribution in [0.1, 0.15) is 308 Å². The molecular weight excluding hydrogens is 655 g/mol. The van der Waals surface area contributed by atoms with Crippen LogP contribution in [0.25, 0.3) is 0 Å². The van der Waals surface area contributed by atoms with E-state index in [9.17, 15) is 0 Å². The minimum absolute atomic E-state index is 0.877. The Kier molecular flexibility index (Phi) is 40.8. The summed E-state index contributed by atoms with van der Waals surface area (Å²) in [6.07, 6.45) is 64.1. The topological polar surface area (TPSA) is 38.7 Å². The Labute approximate surface area is 341 Å². The highest BCUT2D eigenvalue weighted by Gasteiger charge is 2.07. The van der Waals surface area contributed by atoms with Gasteiger partial charge in [0.25, 0.3) is 0 Å². The third-order valence-electron chi connectivity index (χ3n) is 12.0. The summed E-state index contributed by atoms with van der Waals surface area (Å²) >= 11 is 0. The maximum absolute atomic E-state index is 4.88. The summed E-state index contributed by atoms with van der Waals surface area (Å²) < 4.78 is 0. The van der Waals surface area contributed by atoms with E-state index in [4.69, 9.17) is 15.0 Å². The average molecular weight is 753 g/mol. The molecule has 1 heterocycles. The van der Waals surface area contributed by atoms with Gasteiger partial charge in [0.1, 0.15) is 17.5 Å². The molecule has 0 unspecified atom stereocenters. The lowest BCUT2D eigenvalue weighted by atomic mass is 10.0. The molecule has 3 heteroatoms. The molecule has 317 valence electrons. The van der Waals surface area contributed by atoms with Crippen molar-refractivity contribution in [2.75, 3.05) is 0 Å². The van der Waals surface area contributed by atoms with Gasteiger partial charge in [-0.15, -0.1) is 0 Å². The fourth-order valence-corrected chi connectivity index (χ4v) is 8.27. The zero-order valence-electron chi connectivity index (χ0n) is 37.5. The Bertz CT molecular complexity index is 789. The Balaban J connectivity index is 1.89. The largest absolute Gasteiger partial charge is 0.218 e. The minimum atomic E-state index is 0.877. The van der Waals surface area contributed by atoms with Crippen LogP contribution in [0, 0.1) is 6.42 Å². The van der Waals surface area contributed by atoms with Crippen LogP contribution in [0.15, 0.2) is 0 Å². The van der Waals surface area contributed by atoms with Crippen molar-refractivity contribution in [3.8, 4) is 0 Å². The first-order chi connectivity index (χ1) is 26.8. The molecule has 1 radical (unpaired) electrons. The smallest absolute Gasteiger partial charge is 0.136 e. The standard InChI is InChI=1S/C51H98N3/c1-4-7-9-11-13-15-17-19-21-23-25-27-29-31-33-35-37-39-41-43-45-47-50-52-49(6-3)53-51(54-50)48-46-44-42-40-38-36-34-32-30-28-26-24-22-20-18-16-14-12-10-8-5-2/h6H,4-5,7-48H2,1-3H3. The first kappa shape index (κ1) is 51.0. The molecule has 0 bridgehead atoms. The first-order valence-electron chi connectivity index (χ1n) is 25.3. The second-order valence-corrected chi connectivity index (χ2v) is 17.5. The molecule has 0 aromatic carbocycles. The van der Waals surface area contributed by atoms with Crippen LogP contribution < -0.4 is 0 Å². The molecule has 1 aromatic heterocycles. The third kappa shape index (κ3) is 36.6. The highest BCUT2D eigenvalue weighted by atomic mass is 15.0. The van der Waals surface area contributed by atoms with E-state index >= 15 is 0 Å². The molecule has 0 fully saturated rings. The third-order valence-corrected chi connectivity index (χ3v) is 12.0. The molecule has 0 spiro atoms. The Hall–Kier alpha value is -0.990. The van der Waals surface area contributed by atoms with Gasteiger partial charge in [-0.25, -0.2) is 15.0 Å². The fourth-order valence-electron chi connectivity index (χ4n) is 8.27. The van der Waals surface area contributed by atoms with Gasteiger partial charge in [0.15, 0.2) is 0 Å². The summed E-state index contributed by atoms with van der Waals surface area (Å²) in [5.41, 5.74) is 0. The van der Waals surface area contributed by atoms with Crippen molar-refractivity contribution in [3.05, 3.63) is 23.9 Å². The Morgan fingerprint density at radius 1 is 0.259 bits per heavy atom. The van der Waals surface area contributed by atoms with E-state index in [-0.39, 0.29) is 0 Å². The summed E-state index contributed by atoms with van der Waals surface area (Å²) in [5, 5.41) is 0. The molecule has 0 aliphatic rings. The summed E-state index contributed by atoms with van der Waals surface area (Å²) in [4.78, 5) is 14.3. The lowest BCUT2D eigenvalue weighted by molar-refractivity contribution is 0.519. The monoisotopic (exact) mass is 753 g/mol. The number of rotatable bonds is 45. The first-order valence-corrected chi connectivity index (χ1v) is 25.3. The number of aryl methyl sites for hydroxylation is 2.